The van der Waals surface area contributed by atoms with Gasteiger partial charge in [0.05, 0.1) is 6.54 Å². The molecule has 8 heteroatoms. The lowest BCUT2D eigenvalue weighted by Gasteiger charge is -2.37. The van der Waals surface area contributed by atoms with Gasteiger partial charge in [0, 0.05) is 37.3 Å². The second-order valence-electron chi connectivity index (χ2n) is 7.26. The summed E-state index contributed by atoms with van der Waals surface area (Å²) in [5, 5.41) is 3.05. The third-order valence-electron chi connectivity index (χ3n) is 5.02. The molecule has 5 nitrogen and oxygen atoms in total. The molecule has 0 aliphatic carbocycles. The zero-order chi connectivity index (χ0) is 20.7. The van der Waals surface area contributed by atoms with Gasteiger partial charge in [0.25, 0.3) is 0 Å². The molecule has 1 aromatic rings. The van der Waals surface area contributed by atoms with Crippen LogP contribution in [0.5, 0.6) is 0 Å². The van der Waals surface area contributed by atoms with E-state index < -0.39 is 11.7 Å². The van der Waals surface area contributed by atoms with E-state index in [4.69, 9.17) is 0 Å². The van der Waals surface area contributed by atoms with Crippen molar-refractivity contribution in [3.8, 4) is 0 Å². The van der Waals surface area contributed by atoms with Crippen LogP contribution < -0.4 is 5.32 Å². The Labute approximate surface area is 163 Å². The molecular weight excluding hydrogens is 367 g/mol. The van der Waals surface area contributed by atoms with E-state index in [1.165, 1.54) is 16.7 Å². The van der Waals surface area contributed by atoms with Crippen LogP contribution in [0.15, 0.2) is 54.2 Å². The summed E-state index contributed by atoms with van der Waals surface area (Å²) in [4.78, 5) is 11.3. The van der Waals surface area contributed by atoms with Crippen molar-refractivity contribution in [3.63, 3.8) is 0 Å². The van der Waals surface area contributed by atoms with Crippen LogP contribution >= 0.6 is 0 Å². The van der Waals surface area contributed by atoms with E-state index in [-0.39, 0.29) is 19.0 Å². The van der Waals surface area contributed by atoms with Crippen LogP contribution in [0.1, 0.15) is 25.0 Å². The summed E-state index contributed by atoms with van der Waals surface area (Å²) >= 11 is 0. The van der Waals surface area contributed by atoms with Crippen molar-refractivity contribution < 1.29 is 13.2 Å². The van der Waals surface area contributed by atoms with Crippen LogP contribution in [0.4, 0.5) is 13.2 Å². The van der Waals surface area contributed by atoms with Crippen molar-refractivity contribution in [3.05, 3.63) is 60.3 Å². The number of hydrogen-bond donors (Lipinski definition) is 1. The van der Waals surface area contributed by atoms with Crippen molar-refractivity contribution in [2.45, 2.75) is 32.5 Å². The van der Waals surface area contributed by atoms with Gasteiger partial charge in [-0.1, -0.05) is 13.2 Å². The molecule has 1 N–H and O–H groups in total. The number of nitrogens with one attached hydrogen (secondary N) is 1. The largest absolute Gasteiger partial charge is 0.413 e. The highest BCUT2D eigenvalue weighted by Crippen LogP contribution is 2.43. The Morgan fingerprint density at radius 2 is 2.07 bits per heavy atom. The summed E-state index contributed by atoms with van der Waals surface area (Å²) in [7, 11) is 0. The molecule has 0 aromatic carbocycles. The molecule has 0 radical (unpaired) electrons. The Kier molecular flexibility index (Phi) is 4.99. The van der Waals surface area contributed by atoms with Crippen LogP contribution in [0.3, 0.4) is 0 Å². The first-order chi connectivity index (χ1) is 13.1. The molecule has 0 spiro atoms. The van der Waals surface area contributed by atoms with Crippen LogP contribution in [0, 0.1) is 6.92 Å². The Hall–Kier alpha value is -2.77. The van der Waals surface area contributed by atoms with Gasteiger partial charge in [-0.3, -0.25) is 4.98 Å². The number of nitrogens with zero attached hydrogens (tertiary/aromatic N) is 4. The molecule has 28 heavy (non-hydrogen) atoms. The predicted octanol–water partition coefficient (Wildman–Crippen LogP) is 3.68. The monoisotopic (exact) mass is 391 g/mol. The van der Waals surface area contributed by atoms with Crippen molar-refractivity contribution in [1.29, 1.82) is 0 Å². The van der Waals surface area contributed by atoms with E-state index in [1.54, 1.807) is 18.5 Å². The summed E-state index contributed by atoms with van der Waals surface area (Å²) in [6.07, 6.45) is 0.500. The summed E-state index contributed by atoms with van der Waals surface area (Å²) in [5.74, 6) is 0.725. The number of guanidine groups is 1. The maximum absolute atomic E-state index is 14.1. The molecule has 2 aliphatic rings. The molecule has 3 rings (SSSR count). The van der Waals surface area contributed by atoms with Gasteiger partial charge in [-0.25, -0.2) is 0 Å². The average Bonchev–Trinajstić information content (AvgIpc) is 2.89. The van der Waals surface area contributed by atoms with E-state index in [0.29, 0.717) is 29.2 Å². The van der Waals surface area contributed by atoms with E-state index in [9.17, 15) is 13.2 Å². The molecule has 1 atom stereocenters. The third kappa shape index (κ3) is 3.39. The van der Waals surface area contributed by atoms with E-state index in [1.807, 2.05) is 19.9 Å². The molecular formula is C20H24F3N5. The second-order valence-corrected chi connectivity index (χ2v) is 7.26. The molecule has 150 valence electrons. The Balaban J connectivity index is 2.01. The minimum Gasteiger partial charge on any atom is -0.370 e. The van der Waals surface area contributed by atoms with Gasteiger partial charge >= 0.3 is 6.18 Å². The first-order valence-electron chi connectivity index (χ1n) is 9.01. The Morgan fingerprint density at radius 3 is 2.68 bits per heavy atom. The van der Waals surface area contributed by atoms with Gasteiger partial charge in [-0.2, -0.15) is 18.2 Å². The third-order valence-corrected chi connectivity index (χ3v) is 5.02. The van der Waals surface area contributed by atoms with Gasteiger partial charge < -0.3 is 15.1 Å². The maximum Gasteiger partial charge on any atom is 0.413 e. The van der Waals surface area contributed by atoms with Crippen LogP contribution in [-0.4, -0.2) is 52.1 Å². The first-order valence-corrected chi connectivity index (χ1v) is 9.01. The fourth-order valence-electron chi connectivity index (χ4n) is 3.35. The molecule has 0 saturated carbocycles. The number of hydrogen-bond acceptors (Lipinski definition) is 5. The topological polar surface area (TPSA) is 43.8 Å². The van der Waals surface area contributed by atoms with Gasteiger partial charge in [-0.15, -0.1) is 0 Å². The number of allylic oxidation sites excluding steroid dienone is 1. The molecule has 1 aromatic heterocycles. The van der Waals surface area contributed by atoms with Crippen molar-refractivity contribution >= 4 is 11.5 Å². The van der Waals surface area contributed by atoms with Crippen LogP contribution in [0.25, 0.3) is 5.57 Å². The fourth-order valence-corrected chi connectivity index (χ4v) is 3.35. The van der Waals surface area contributed by atoms with E-state index in [0.717, 1.165) is 5.56 Å². The normalized spacial score (nSPS) is 22.0. The van der Waals surface area contributed by atoms with Crippen molar-refractivity contribution in [2.24, 2.45) is 4.99 Å². The number of halogens is 3. The average molecular weight is 391 g/mol. The van der Waals surface area contributed by atoms with Gasteiger partial charge in [0.1, 0.15) is 5.82 Å². The quantitative estimate of drug-likeness (QED) is 0.832. The number of fused-ring (bicyclic) bond motifs is 1. The molecule has 1 fully saturated rings. The zero-order valence-electron chi connectivity index (χ0n) is 16.3. The minimum atomic E-state index is -4.46. The molecule has 2 aliphatic heterocycles. The number of rotatable bonds is 5. The molecule has 3 heterocycles. The lowest BCUT2D eigenvalue weighted by atomic mass is 9.99. The number of aromatic nitrogens is 1. The maximum atomic E-state index is 14.1. The van der Waals surface area contributed by atoms with Gasteiger partial charge in [0.15, 0.2) is 5.54 Å². The standard InChI is InChI=1S/C20H24F3N5/c1-6-25-17-8-15(4)27-12-19(5,20(21,22)23)28(18(27)26-17)11-14(3)16-7-13(2)9-24-10-16/h7-10,25H,3-4,6,11-12H2,1-2,5H3. The number of aryl methyl sites for hydroxylation is 1. The Bertz CT molecular complexity index is 871. The lowest BCUT2D eigenvalue weighted by Crippen LogP contribution is -2.56. The first kappa shape index (κ1) is 20.0. The van der Waals surface area contributed by atoms with Crippen LogP contribution in [-0.2, 0) is 0 Å². The van der Waals surface area contributed by atoms with Crippen molar-refractivity contribution in [2.75, 3.05) is 19.6 Å². The minimum absolute atomic E-state index is 0.0246. The predicted molar refractivity (Wildman–Crippen MR) is 104 cm³/mol. The highest BCUT2D eigenvalue weighted by Gasteiger charge is 2.62. The van der Waals surface area contributed by atoms with E-state index in [2.05, 4.69) is 28.5 Å². The Morgan fingerprint density at radius 1 is 1.36 bits per heavy atom. The van der Waals surface area contributed by atoms with Gasteiger partial charge in [0.2, 0.25) is 5.96 Å². The highest BCUT2D eigenvalue weighted by atomic mass is 19.4. The second kappa shape index (κ2) is 7.00. The van der Waals surface area contributed by atoms with Crippen molar-refractivity contribution in [1.82, 2.24) is 20.1 Å². The van der Waals surface area contributed by atoms with Crippen LogP contribution in [0.2, 0.25) is 0 Å². The molecule has 0 bridgehead atoms. The SMILES string of the molecule is C=C(CN1C2=NC(NCC)=CC(=C)N2CC1(C)C(F)(F)F)c1cncc(C)c1. The zero-order valence-corrected chi connectivity index (χ0v) is 16.3. The van der Waals surface area contributed by atoms with E-state index >= 15 is 0 Å². The summed E-state index contributed by atoms with van der Waals surface area (Å²) < 4.78 is 42.3. The number of aliphatic imine (C=N–C) groups is 1. The lowest BCUT2D eigenvalue weighted by molar-refractivity contribution is -0.206. The number of pyridine rings is 1. The molecule has 0 amide bonds. The smallest absolute Gasteiger partial charge is 0.370 e. The summed E-state index contributed by atoms with van der Waals surface area (Å²) in [6.45, 7) is 13.2. The summed E-state index contributed by atoms with van der Waals surface area (Å²) in [6, 6.07) is 1.86. The molecule has 1 saturated heterocycles. The summed E-state index contributed by atoms with van der Waals surface area (Å²) in [5.41, 5.74) is 0.523. The fraction of sp³-hybridized carbons (Fsp3) is 0.400. The van der Waals surface area contributed by atoms with Gasteiger partial charge in [-0.05, 0) is 43.5 Å². The number of alkyl halides is 3. The molecule has 1 unspecified atom stereocenters. The highest BCUT2D eigenvalue weighted by molar-refractivity contribution is 5.89.